The molecule has 84 valence electrons. The summed E-state index contributed by atoms with van der Waals surface area (Å²) in [5, 5.41) is 0. The zero-order valence-corrected chi connectivity index (χ0v) is 10.1. The molecule has 2 aliphatic rings. The van der Waals surface area contributed by atoms with Crippen LogP contribution >= 0.6 is 0 Å². The number of allylic oxidation sites excluding steroid dienone is 1. The van der Waals surface area contributed by atoms with Crippen molar-refractivity contribution in [1.82, 2.24) is 0 Å². The minimum absolute atomic E-state index is 0.0583. The van der Waals surface area contributed by atoms with Gasteiger partial charge in [0.1, 0.15) is 11.4 Å². The van der Waals surface area contributed by atoms with Gasteiger partial charge in [-0.05, 0) is 37.7 Å². The number of hydrogen-bond donors (Lipinski definition) is 0. The van der Waals surface area contributed by atoms with Gasteiger partial charge in [0.05, 0.1) is 6.10 Å². The Morgan fingerprint density at radius 1 is 1.53 bits per heavy atom. The second-order valence-electron chi connectivity index (χ2n) is 5.66. The van der Waals surface area contributed by atoms with Crippen LogP contribution in [-0.2, 0) is 9.53 Å². The molecule has 0 amide bonds. The predicted molar refractivity (Wildman–Crippen MR) is 59.7 cm³/mol. The lowest BCUT2D eigenvalue weighted by Gasteiger charge is -2.34. The number of fused-ring (bicyclic) bond motifs is 1. The van der Waals surface area contributed by atoms with Crippen LogP contribution in [0.4, 0.5) is 0 Å². The summed E-state index contributed by atoms with van der Waals surface area (Å²) in [5.41, 5.74) is 1.47. The molecule has 0 spiro atoms. The van der Waals surface area contributed by atoms with E-state index in [1.54, 1.807) is 6.92 Å². The molecule has 0 bridgehead atoms. The Bertz CT molecular complexity index is 321. The van der Waals surface area contributed by atoms with E-state index in [2.05, 4.69) is 26.8 Å². The number of hydrogen-bond acceptors (Lipinski definition) is 2. The zero-order valence-electron chi connectivity index (χ0n) is 10.1. The highest BCUT2D eigenvalue weighted by atomic mass is 16.6. The van der Waals surface area contributed by atoms with Gasteiger partial charge in [-0.2, -0.15) is 0 Å². The number of ketones is 1. The van der Waals surface area contributed by atoms with E-state index in [0.29, 0.717) is 12.5 Å². The largest absolute Gasteiger partial charge is 0.362 e. The second-order valence-corrected chi connectivity index (χ2v) is 5.66. The zero-order chi connectivity index (χ0) is 11.3. The van der Waals surface area contributed by atoms with Crippen molar-refractivity contribution >= 4 is 5.78 Å². The van der Waals surface area contributed by atoms with Crippen LogP contribution in [0.1, 0.15) is 47.0 Å². The molecule has 1 saturated heterocycles. The fourth-order valence-corrected chi connectivity index (χ4v) is 2.86. The summed E-state index contributed by atoms with van der Waals surface area (Å²) in [6, 6.07) is 0. The van der Waals surface area contributed by atoms with E-state index in [9.17, 15) is 4.79 Å². The highest BCUT2D eigenvalue weighted by Gasteiger charge is 2.60. The van der Waals surface area contributed by atoms with Crippen molar-refractivity contribution < 1.29 is 9.53 Å². The smallest absolute Gasteiger partial charge is 0.133 e. The van der Waals surface area contributed by atoms with Gasteiger partial charge in [0.25, 0.3) is 0 Å². The molecule has 1 heterocycles. The van der Waals surface area contributed by atoms with Gasteiger partial charge in [-0.1, -0.05) is 19.9 Å². The third kappa shape index (κ3) is 1.76. The predicted octanol–water partition coefficient (Wildman–Crippen LogP) is 2.87. The third-order valence-electron chi connectivity index (χ3n) is 3.83. The Morgan fingerprint density at radius 3 is 2.80 bits per heavy atom. The van der Waals surface area contributed by atoms with Gasteiger partial charge in [0.2, 0.25) is 0 Å². The topological polar surface area (TPSA) is 29.6 Å². The van der Waals surface area contributed by atoms with Gasteiger partial charge in [-0.15, -0.1) is 0 Å². The van der Waals surface area contributed by atoms with E-state index < -0.39 is 0 Å². The molecule has 0 aromatic carbocycles. The first kappa shape index (κ1) is 10.9. The molecule has 2 atom stereocenters. The molecule has 1 aliphatic heterocycles. The van der Waals surface area contributed by atoms with Crippen LogP contribution in [0.15, 0.2) is 11.6 Å². The number of rotatable bonds is 2. The van der Waals surface area contributed by atoms with Crippen LogP contribution in [-0.4, -0.2) is 17.5 Å². The molecule has 0 aromatic rings. The Hall–Kier alpha value is -0.630. The molecule has 2 unspecified atom stereocenters. The van der Waals surface area contributed by atoms with Crippen molar-refractivity contribution in [2.45, 2.75) is 58.7 Å². The fourth-order valence-electron chi connectivity index (χ4n) is 2.86. The number of ether oxygens (including phenoxy) is 1. The van der Waals surface area contributed by atoms with Gasteiger partial charge in [-0.3, -0.25) is 4.79 Å². The first-order chi connectivity index (χ1) is 6.86. The maximum absolute atomic E-state index is 11.0. The van der Waals surface area contributed by atoms with Crippen LogP contribution in [0.2, 0.25) is 0 Å². The van der Waals surface area contributed by atoms with Crippen molar-refractivity contribution in [1.29, 1.82) is 0 Å². The van der Waals surface area contributed by atoms with Crippen molar-refractivity contribution in [2.75, 3.05) is 0 Å². The standard InChI is InChI=1S/C13H20O2/c1-9(14)5-6-10-12(2,3)8-7-11-13(10,4)15-11/h6,11H,5,7-8H2,1-4H3. The Morgan fingerprint density at radius 2 is 2.20 bits per heavy atom. The molecule has 2 fully saturated rings. The van der Waals surface area contributed by atoms with Crippen LogP contribution in [0.5, 0.6) is 0 Å². The van der Waals surface area contributed by atoms with Crippen molar-refractivity contribution in [3.63, 3.8) is 0 Å². The quantitative estimate of drug-likeness (QED) is 0.516. The number of Topliss-reactive ketones (excluding diaryl/α,β-unsaturated/α-hetero) is 1. The maximum atomic E-state index is 11.0. The van der Waals surface area contributed by atoms with E-state index in [0.717, 1.165) is 12.8 Å². The average molecular weight is 208 g/mol. The van der Waals surface area contributed by atoms with Crippen LogP contribution in [0, 0.1) is 5.41 Å². The Balaban J connectivity index is 2.24. The van der Waals surface area contributed by atoms with Crippen LogP contribution in [0.25, 0.3) is 0 Å². The van der Waals surface area contributed by atoms with Crippen LogP contribution < -0.4 is 0 Å². The monoisotopic (exact) mass is 208 g/mol. The van der Waals surface area contributed by atoms with E-state index in [-0.39, 0.29) is 16.8 Å². The molecular formula is C13H20O2. The molecule has 2 heteroatoms. The summed E-state index contributed by atoms with van der Waals surface area (Å²) in [7, 11) is 0. The lowest BCUT2D eigenvalue weighted by Crippen LogP contribution is -2.32. The van der Waals surface area contributed by atoms with E-state index in [1.165, 1.54) is 5.57 Å². The van der Waals surface area contributed by atoms with E-state index in [4.69, 9.17) is 4.74 Å². The summed E-state index contributed by atoms with van der Waals surface area (Å²) in [6.45, 7) is 8.30. The number of carbonyl (C=O) groups excluding carboxylic acids is 1. The second kappa shape index (κ2) is 3.18. The molecule has 1 aliphatic carbocycles. The summed E-state index contributed by atoms with van der Waals surface area (Å²) in [5.74, 6) is 0.227. The summed E-state index contributed by atoms with van der Waals surface area (Å²) in [6.07, 6.45) is 5.37. The van der Waals surface area contributed by atoms with Gasteiger partial charge in [0.15, 0.2) is 0 Å². The first-order valence-corrected chi connectivity index (χ1v) is 5.74. The van der Waals surface area contributed by atoms with Crippen LogP contribution in [0.3, 0.4) is 0 Å². The summed E-state index contributed by atoms with van der Waals surface area (Å²) >= 11 is 0. The van der Waals surface area contributed by atoms with Crippen molar-refractivity contribution in [2.24, 2.45) is 5.41 Å². The fraction of sp³-hybridized carbons (Fsp3) is 0.769. The minimum Gasteiger partial charge on any atom is -0.362 e. The lowest BCUT2D eigenvalue weighted by atomic mass is 9.68. The lowest BCUT2D eigenvalue weighted by molar-refractivity contribution is -0.116. The average Bonchev–Trinajstić information content (AvgIpc) is 2.74. The molecule has 1 saturated carbocycles. The highest BCUT2D eigenvalue weighted by Crippen LogP contribution is 2.57. The molecule has 0 N–H and O–H groups in total. The Kier molecular flexibility index (Phi) is 2.30. The highest BCUT2D eigenvalue weighted by molar-refractivity contribution is 5.77. The van der Waals surface area contributed by atoms with E-state index in [1.807, 2.05) is 0 Å². The minimum atomic E-state index is -0.0583. The molecule has 0 aromatic heterocycles. The van der Waals surface area contributed by atoms with Crippen molar-refractivity contribution in [3.05, 3.63) is 11.6 Å². The number of epoxide rings is 1. The molecule has 2 nitrogen and oxygen atoms in total. The van der Waals surface area contributed by atoms with Crippen molar-refractivity contribution in [3.8, 4) is 0 Å². The molecule has 2 rings (SSSR count). The molecular weight excluding hydrogens is 188 g/mol. The summed E-state index contributed by atoms with van der Waals surface area (Å²) < 4.78 is 5.77. The molecule has 15 heavy (non-hydrogen) atoms. The normalized spacial score (nSPS) is 40.0. The SMILES string of the molecule is CC(=O)CC=C1C(C)(C)CCC2OC12C. The summed E-state index contributed by atoms with van der Waals surface area (Å²) in [4.78, 5) is 11.0. The Labute approximate surface area is 91.7 Å². The third-order valence-corrected chi connectivity index (χ3v) is 3.83. The van der Waals surface area contributed by atoms with E-state index >= 15 is 0 Å². The van der Waals surface area contributed by atoms with Gasteiger partial charge in [0, 0.05) is 6.42 Å². The van der Waals surface area contributed by atoms with Gasteiger partial charge >= 0.3 is 0 Å². The molecule has 0 radical (unpaired) electrons. The maximum Gasteiger partial charge on any atom is 0.133 e. The first-order valence-electron chi connectivity index (χ1n) is 5.74. The number of carbonyl (C=O) groups is 1. The van der Waals surface area contributed by atoms with Gasteiger partial charge < -0.3 is 4.74 Å². The van der Waals surface area contributed by atoms with Gasteiger partial charge in [-0.25, -0.2) is 0 Å².